The predicted octanol–water partition coefficient (Wildman–Crippen LogP) is 14.0. The lowest BCUT2D eigenvalue weighted by Gasteiger charge is -2.28. The number of unbranched alkanes of at least 4 members (excludes halogenated alkanes) is 30. The molecule has 0 amide bonds. The van der Waals surface area contributed by atoms with Gasteiger partial charge in [0, 0.05) is 13.0 Å². The van der Waals surface area contributed by atoms with E-state index in [-0.39, 0.29) is 25.8 Å². The predicted molar refractivity (Wildman–Crippen MR) is 241 cm³/mol. The van der Waals surface area contributed by atoms with Crippen LogP contribution in [0.1, 0.15) is 232 Å². The molecule has 0 aliphatic heterocycles. The van der Waals surface area contributed by atoms with E-state index in [0.29, 0.717) is 24.1 Å². The van der Waals surface area contributed by atoms with Crippen molar-refractivity contribution in [3.8, 4) is 0 Å². The van der Waals surface area contributed by atoms with Crippen LogP contribution in [0.2, 0.25) is 0 Å². The van der Waals surface area contributed by atoms with E-state index in [9.17, 15) is 14.3 Å². The number of phosphoric acid groups is 1. The maximum atomic E-state index is 12.7. The smallest absolute Gasteiger partial charge is 0.306 e. The Labute approximate surface area is 354 Å². The Morgan fingerprint density at radius 1 is 0.526 bits per heavy atom. The topological polar surface area (TPSA) is 94.1 Å². The van der Waals surface area contributed by atoms with Gasteiger partial charge in [-0.1, -0.05) is 199 Å². The van der Waals surface area contributed by atoms with Gasteiger partial charge in [-0.15, -0.1) is 0 Å². The summed E-state index contributed by atoms with van der Waals surface area (Å²) in [7, 11) is 1.37. The molecule has 0 saturated carbocycles. The second-order valence-corrected chi connectivity index (χ2v) is 19.2. The van der Waals surface area contributed by atoms with E-state index >= 15 is 0 Å². The maximum Gasteiger partial charge on any atom is 0.306 e. The summed E-state index contributed by atoms with van der Waals surface area (Å²) in [5, 5.41) is 0. The van der Waals surface area contributed by atoms with Crippen molar-refractivity contribution in [2.75, 3.05) is 54.1 Å². The van der Waals surface area contributed by atoms with E-state index in [4.69, 9.17) is 18.5 Å². The first-order chi connectivity index (χ1) is 27.6. The fraction of sp³-hybridized carbons (Fsp3) is 0.938. The van der Waals surface area contributed by atoms with E-state index in [1.165, 1.54) is 180 Å². The lowest BCUT2D eigenvalue weighted by molar-refractivity contribution is -0.870. The van der Waals surface area contributed by atoms with Crippen LogP contribution in [0.25, 0.3) is 0 Å². The fourth-order valence-electron chi connectivity index (χ4n) is 7.01. The molecule has 2 atom stereocenters. The van der Waals surface area contributed by atoms with Crippen LogP contribution in [0.4, 0.5) is 0 Å². The number of carbonyl (C=O) groups is 1. The molecule has 0 aromatic heterocycles. The van der Waals surface area contributed by atoms with Gasteiger partial charge in [0.1, 0.15) is 19.3 Å². The summed E-state index contributed by atoms with van der Waals surface area (Å²) >= 11 is 0. The Bertz CT molecular complexity index is 925. The molecule has 0 bridgehead atoms. The molecule has 0 fully saturated rings. The second kappa shape index (κ2) is 42.0. The van der Waals surface area contributed by atoms with Gasteiger partial charge in [-0.25, -0.2) is 0 Å². The summed E-state index contributed by atoms with van der Waals surface area (Å²) in [6.45, 7) is 5.45. The van der Waals surface area contributed by atoms with Crippen LogP contribution in [-0.2, 0) is 27.9 Å². The molecule has 0 aromatic rings. The molecule has 8 nitrogen and oxygen atoms in total. The molecule has 0 radical (unpaired) electrons. The highest BCUT2D eigenvalue weighted by Gasteiger charge is 2.20. The third kappa shape index (κ3) is 46.2. The Kier molecular flexibility index (Phi) is 41.4. The number of ether oxygens (including phenoxy) is 2. The summed E-state index contributed by atoms with van der Waals surface area (Å²) < 4.78 is 34.7. The lowest BCUT2D eigenvalue weighted by Crippen LogP contribution is -2.37. The van der Waals surface area contributed by atoms with Crippen molar-refractivity contribution in [1.29, 1.82) is 0 Å². The van der Waals surface area contributed by atoms with Crippen molar-refractivity contribution >= 4 is 13.8 Å². The molecule has 0 N–H and O–H groups in total. The van der Waals surface area contributed by atoms with Crippen LogP contribution in [0.15, 0.2) is 12.2 Å². The van der Waals surface area contributed by atoms with E-state index in [0.717, 1.165) is 32.1 Å². The molecule has 0 saturated heterocycles. The van der Waals surface area contributed by atoms with E-state index in [1.54, 1.807) is 0 Å². The average molecular weight is 830 g/mol. The molecule has 2 unspecified atom stereocenters. The summed E-state index contributed by atoms with van der Waals surface area (Å²) in [5.74, 6) is -0.331. The number of quaternary nitrogens is 1. The van der Waals surface area contributed by atoms with Gasteiger partial charge in [0.15, 0.2) is 0 Å². The summed E-state index contributed by atoms with van der Waals surface area (Å²) in [4.78, 5) is 25.1. The van der Waals surface area contributed by atoms with Gasteiger partial charge in [-0.05, 0) is 38.5 Å². The summed E-state index contributed by atoms with van der Waals surface area (Å²) in [6, 6.07) is 0. The van der Waals surface area contributed by atoms with E-state index in [2.05, 4.69) is 26.0 Å². The van der Waals surface area contributed by atoms with Gasteiger partial charge in [0.05, 0.1) is 34.4 Å². The van der Waals surface area contributed by atoms with Gasteiger partial charge in [-0.3, -0.25) is 9.36 Å². The second-order valence-electron chi connectivity index (χ2n) is 17.8. The summed E-state index contributed by atoms with van der Waals surface area (Å²) in [6.07, 6.45) is 46.5. The quantitative estimate of drug-likeness (QED) is 0.0198. The molecule has 0 rings (SSSR count). The van der Waals surface area contributed by atoms with Crippen LogP contribution in [0, 0.1) is 0 Å². The maximum absolute atomic E-state index is 12.7. The van der Waals surface area contributed by atoms with E-state index in [1.807, 2.05) is 21.1 Å². The molecule has 57 heavy (non-hydrogen) atoms. The van der Waals surface area contributed by atoms with Crippen LogP contribution in [-0.4, -0.2) is 70.7 Å². The number of hydrogen-bond acceptors (Lipinski definition) is 7. The molecule has 9 heteroatoms. The normalized spacial score (nSPS) is 13.7. The molecular weight excluding hydrogens is 734 g/mol. The number of allylic oxidation sites excluding steroid dienone is 2. The Morgan fingerprint density at radius 3 is 1.33 bits per heavy atom. The highest BCUT2D eigenvalue weighted by Crippen LogP contribution is 2.38. The first kappa shape index (κ1) is 56.2. The van der Waals surface area contributed by atoms with Gasteiger partial charge in [0.25, 0.3) is 7.82 Å². The standard InChI is InChI=1S/C48H96NO7P/c1-6-8-10-12-14-16-18-20-22-24-25-27-29-31-33-35-37-39-41-48(50)56-47(46-55-57(51,52)54-44-42-49(3,4)5)45-53-43-40-38-36-34-32-30-28-26-23-21-19-17-15-13-11-9-7-2/h23,26,47H,6-22,24-25,27-46H2,1-5H3/b26-23-. The van der Waals surface area contributed by atoms with Crippen LogP contribution in [0.5, 0.6) is 0 Å². The number of likely N-dealkylation sites (N-methyl/N-ethyl adjacent to an activating group) is 1. The van der Waals surface area contributed by atoms with Gasteiger partial charge in [0.2, 0.25) is 0 Å². The van der Waals surface area contributed by atoms with Crippen LogP contribution in [0.3, 0.4) is 0 Å². The highest BCUT2D eigenvalue weighted by molar-refractivity contribution is 7.45. The molecule has 0 aliphatic carbocycles. The van der Waals surface area contributed by atoms with Crippen molar-refractivity contribution in [3.63, 3.8) is 0 Å². The summed E-state index contributed by atoms with van der Waals surface area (Å²) in [5.41, 5.74) is 0. The molecule has 340 valence electrons. The first-order valence-electron chi connectivity index (χ1n) is 24.4. The number of hydrogen-bond donors (Lipinski definition) is 0. The average Bonchev–Trinajstić information content (AvgIpc) is 3.16. The number of esters is 1. The number of rotatable bonds is 46. The SMILES string of the molecule is CCCCCCCCC/C=C\CCCCCCCCOCC(COP(=O)([O-])OCC[N+](C)(C)C)OC(=O)CCCCCCCCCCCCCCCCCCCC. The zero-order chi connectivity index (χ0) is 42.0. The minimum Gasteiger partial charge on any atom is -0.756 e. The monoisotopic (exact) mass is 830 g/mol. The Morgan fingerprint density at radius 2 is 0.912 bits per heavy atom. The minimum absolute atomic E-state index is 0.0284. The fourth-order valence-corrected chi connectivity index (χ4v) is 7.74. The molecule has 0 aliphatic rings. The third-order valence-corrected chi connectivity index (χ3v) is 11.8. The van der Waals surface area contributed by atoms with Crippen molar-refractivity contribution in [1.82, 2.24) is 0 Å². The molecule has 0 aromatic carbocycles. The highest BCUT2D eigenvalue weighted by atomic mass is 31.2. The van der Waals surface area contributed by atoms with Crippen molar-refractivity contribution in [3.05, 3.63) is 12.2 Å². The third-order valence-electron chi connectivity index (χ3n) is 10.8. The van der Waals surface area contributed by atoms with E-state index < -0.39 is 13.9 Å². The zero-order valence-electron chi connectivity index (χ0n) is 38.6. The largest absolute Gasteiger partial charge is 0.756 e. The van der Waals surface area contributed by atoms with Gasteiger partial charge >= 0.3 is 5.97 Å². The zero-order valence-corrected chi connectivity index (χ0v) is 39.5. The van der Waals surface area contributed by atoms with Crippen molar-refractivity contribution in [2.45, 2.75) is 238 Å². The minimum atomic E-state index is -4.52. The van der Waals surface area contributed by atoms with Gasteiger partial charge in [-0.2, -0.15) is 0 Å². The van der Waals surface area contributed by atoms with Crippen molar-refractivity contribution in [2.24, 2.45) is 0 Å². The Hall–Kier alpha value is -0.760. The van der Waals surface area contributed by atoms with Crippen LogP contribution >= 0.6 is 7.82 Å². The van der Waals surface area contributed by atoms with Gasteiger partial charge < -0.3 is 27.9 Å². The number of phosphoric ester groups is 1. The molecule has 0 heterocycles. The molecular formula is C48H96NO7P. The first-order valence-corrected chi connectivity index (χ1v) is 25.9. The number of carbonyl (C=O) groups excluding carboxylic acids is 1. The number of nitrogens with zero attached hydrogens (tertiary/aromatic N) is 1. The molecule has 0 spiro atoms. The lowest BCUT2D eigenvalue weighted by atomic mass is 10.0. The Balaban J connectivity index is 4.15. The van der Waals surface area contributed by atoms with Crippen molar-refractivity contribution < 1.29 is 37.3 Å². The van der Waals surface area contributed by atoms with Crippen LogP contribution < -0.4 is 4.89 Å².